The van der Waals surface area contributed by atoms with E-state index < -0.39 is 0 Å². The standard InChI is InChI=1S/C22H30N2O3/c25-21-13-5-2-6-14-24(21)18-22(26)23(17-20-12-8-16-27-20)15-7-11-19-9-3-1-4-10-19/h1,3-4,7,9-11,20H,2,5-6,8,12-18H2/b11-7+/t20-/m1/s1. The molecule has 1 aromatic carbocycles. The third-order valence-electron chi connectivity index (χ3n) is 5.23. The molecular weight excluding hydrogens is 340 g/mol. The topological polar surface area (TPSA) is 49.9 Å². The van der Waals surface area contributed by atoms with Crippen molar-refractivity contribution < 1.29 is 14.3 Å². The van der Waals surface area contributed by atoms with Crippen LogP contribution in [0.3, 0.4) is 0 Å². The van der Waals surface area contributed by atoms with Crippen molar-refractivity contribution in [3.8, 4) is 0 Å². The number of hydrogen-bond acceptors (Lipinski definition) is 3. The number of ether oxygens (including phenoxy) is 1. The first-order valence-corrected chi connectivity index (χ1v) is 10.1. The van der Waals surface area contributed by atoms with Crippen molar-refractivity contribution in [2.45, 2.75) is 44.6 Å². The Kier molecular flexibility index (Phi) is 7.45. The molecule has 0 aliphatic carbocycles. The van der Waals surface area contributed by atoms with Crippen LogP contribution in [0.1, 0.15) is 44.1 Å². The summed E-state index contributed by atoms with van der Waals surface area (Å²) in [6, 6.07) is 10.1. The Balaban J connectivity index is 1.61. The van der Waals surface area contributed by atoms with Gasteiger partial charge < -0.3 is 14.5 Å². The number of hydrogen-bond donors (Lipinski definition) is 0. The number of carbonyl (C=O) groups is 2. The fourth-order valence-electron chi connectivity index (χ4n) is 3.66. The van der Waals surface area contributed by atoms with Gasteiger partial charge in [-0.3, -0.25) is 9.59 Å². The van der Waals surface area contributed by atoms with Crippen LogP contribution in [0.5, 0.6) is 0 Å². The van der Waals surface area contributed by atoms with Crippen LogP contribution in [-0.4, -0.2) is 60.5 Å². The zero-order chi connectivity index (χ0) is 18.9. The fourth-order valence-corrected chi connectivity index (χ4v) is 3.66. The predicted octanol–water partition coefficient (Wildman–Crippen LogP) is 3.11. The highest BCUT2D eigenvalue weighted by molar-refractivity contribution is 5.85. The van der Waals surface area contributed by atoms with Crippen molar-refractivity contribution in [1.82, 2.24) is 9.80 Å². The predicted molar refractivity (Wildman–Crippen MR) is 106 cm³/mol. The molecule has 1 aromatic rings. The highest BCUT2D eigenvalue weighted by Gasteiger charge is 2.25. The van der Waals surface area contributed by atoms with Gasteiger partial charge in [0.15, 0.2) is 0 Å². The largest absolute Gasteiger partial charge is 0.376 e. The van der Waals surface area contributed by atoms with Crippen molar-refractivity contribution in [2.75, 3.05) is 32.8 Å². The fraction of sp³-hybridized carbons (Fsp3) is 0.545. The molecule has 5 nitrogen and oxygen atoms in total. The summed E-state index contributed by atoms with van der Waals surface area (Å²) in [7, 11) is 0. The van der Waals surface area contributed by atoms with Crippen LogP contribution < -0.4 is 0 Å². The maximum atomic E-state index is 12.9. The summed E-state index contributed by atoms with van der Waals surface area (Å²) in [4.78, 5) is 28.8. The van der Waals surface area contributed by atoms with Crippen LogP contribution in [0.4, 0.5) is 0 Å². The molecule has 2 amide bonds. The lowest BCUT2D eigenvalue weighted by molar-refractivity contribution is -0.140. The molecule has 3 rings (SSSR count). The number of amides is 2. The Hall–Kier alpha value is -2.14. The maximum Gasteiger partial charge on any atom is 0.242 e. The highest BCUT2D eigenvalue weighted by Crippen LogP contribution is 2.15. The minimum Gasteiger partial charge on any atom is -0.376 e. The molecule has 0 saturated carbocycles. The van der Waals surface area contributed by atoms with E-state index in [0.717, 1.165) is 44.3 Å². The van der Waals surface area contributed by atoms with Gasteiger partial charge in [-0.15, -0.1) is 0 Å². The van der Waals surface area contributed by atoms with Crippen LogP contribution in [-0.2, 0) is 14.3 Å². The van der Waals surface area contributed by atoms with Crippen LogP contribution in [0.15, 0.2) is 36.4 Å². The minimum atomic E-state index is 0.0125. The molecule has 27 heavy (non-hydrogen) atoms. The Labute approximate surface area is 162 Å². The molecule has 2 aliphatic heterocycles. The Morgan fingerprint density at radius 1 is 1.19 bits per heavy atom. The van der Waals surface area contributed by atoms with Gasteiger partial charge >= 0.3 is 0 Å². The molecule has 0 spiro atoms. The molecular formula is C22H30N2O3. The molecule has 2 aliphatic rings. The highest BCUT2D eigenvalue weighted by atomic mass is 16.5. The second-order valence-corrected chi connectivity index (χ2v) is 7.37. The zero-order valence-corrected chi connectivity index (χ0v) is 16.0. The molecule has 1 atom stereocenters. The van der Waals surface area contributed by atoms with Gasteiger partial charge in [-0.25, -0.2) is 0 Å². The summed E-state index contributed by atoms with van der Waals surface area (Å²) in [5.74, 6) is 0.121. The lowest BCUT2D eigenvalue weighted by Gasteiger charge is -2.28. The van der Waals surface area contributed by atoms with Crippen molar-refractivity contribution in [1.29, 1.82) is 0 Å². The van der Waals surface area contributed by atoms with E-state index in [9.17, 15) is 9.59 Å². The maximum absolute atomic E-state index is 12.9. The monoisotopic (exact) mass is 370 g/mol. The van der Waals surface area contributed by atoms with Gasteiger partial charge in [0.25, 0.3) is 0 Å². The van der Waals surface area contributed by atoms with Gasteiger partial charge in [0.2, 0.25) is 11.8 Å². The second kappa shape index (κ2) is 10.3. The molecule has 2 saturated heterocycles. The number of benzene rings is 1. The van der Waals surface area contributed by atoms with Gasteiger partial charge in [-0.05, 0) is 31.2 Å². The third kappa shape index (κ3) is 6.21. The average Bonchev–Trinajstić information content (AvgIpc) is 3.11. The Morgan fingerprint density at radius 2 is 2.04 bits per heavy atom. The van der Waals surface area contributed by atoms with Crippen molar-refractivity contribution >= 4 is 17.9 Å². The van der Waals surface area contributed by atoms with E-state index in [4.69, 9.17) is 4.74 Å². The van der Waals surface area contributed by atoms with E-state index in [1.54, 1.807) is 4.90 Å². The molecule has 0 unspecified atom stereocenters. The average molecular weight is 370 g/mol. The smallest absolute Gasteiger partial charge is 0.242 e. The summed E-state index contributed by atoms with van der Waals surface area (Å²) >= 11 is 0. The summed E-state index contributed by atoms with van der Waals surface area (Å²) in [5, 5.41) is 0. The summed E-state index contributed by atoms with van der Waals surface area (Å²) in [5.41, 5.74) is 1.12. The third-order valence-corrected chi connectivity index (χ3v) is 5.23. The molecule has 0 N–H and O–H groups in total. The molecule has 0 aromatic heterocycles. The van der Waals surface area contributed by atoms with Crippen LogP contribution >= 0.6 is 0 Å². The number of nitrogens with zero attached hydrogens (tertiary/aromatic N) is 2. The number of carbonyl (C=O) groups excluding carboxylic acids is 2. The summed E-state index contributed by atoms with van der Waals surface area (Å²) < 4.78 is 5.73. The van der Waals surface area contributed by atoms with Gasteiger partial charge in [-0.1, -0.05) is 48.9 Å². The van der Waals surface area contributed by atoms with Crippen molar-refractivity contribution in [3.05, 3.63) is 42.0 Å². The lowest BCUT2D eigenvalue weighted by Crippen LogP contribution is -2.45. The van der Waals surface area contributed by atoms with E-state index in [2.05, 4.69) is 0 Å². The van der Waals surface area contributed by atoms with E-state index in [1.165, 1.54) is 0 Å². The minimum absolute atomic E-state index is 0.0125. The molecule has 2 fully saturated rings. The van der Waals surface area contributed by atoms with Crippen molar-refractivity contribution in [2.24, 2.45) is 0 Å². The second-order valence-electron chi connectivity index (χ2n) is 7.37. The van der Waals surface area contributed by atoms with E-state index in [1.807, 2.05) is 47.4 Å². The Bertz CT molecular complexity index is 638. The van der Waals surface area contributed by atoms with Gasteiger partial charge in [0.05, 0.1) is 12.6 Å². The molecule has 5 heteroatoms. The molecule has 2 heterocycles. The van der Waals surface area contributed by atoms with E-state index >= 15 is 0 Å². The first kappa shape index (κ1) is 19.6. The van der Waals surface area contributed by atoms with Gasteiger partial charge in [0, 0.05) is 32.7 Å². The Morgan fingerprint density at radius 3 is 2.81 bits per heavy atom. The quantitative estimate of drug-likeness (QED) is 0.741. The normalized spacial score (nSPS) is 20.8. The first-order chi connectivity index (χ1) is 13.2. The van der Waals surface area contributed by atoms with Gasteiger partial charge in [0.1, 0.15) is 0 Å². The molecule has 146 valence electrons. The van der Waals surface area contributed by atoms with E-state index in [0.29, 0.717) is 26.1 Å². The van der Waals surface area contributed by atoms with Crippen LogP contribution in [0.2, 0.25) is 0 Å². The molecule has 0 radical (unpaired) electrons. The lowest BCUT2D eigenvalue weighted by atomic mass is 10.2. The first-order valence-electron chi connectivity index (χ1n) is 10.1. The van der Waals surface area contributed by atoms with Crippen molar-refractivity contribution in [3.63, 3.8) is 0 Å². The van der Waals surface area contributed by atoms with Gasteiger partial charge in [-0.2, -0.15) is 0 Å². The zero-order valence-electron chi connectivity index (χ0n) is 16.0. The number of likely N-dealkylation sites (tertiary alicyclic amines) is 1. The van der Waals surface area contributed by atoms with Crippen LogP contribution in [0, 0.1) is 0 Å². The van der Waals surface area contributed by atoms with Crippen LogP contribution in [0.25, 0.3) is 6.08 Å². The SMILES string of the molecule is O=C1CCCCCN1CC(=O)N(C/C=C/c1ccccc1)C[C@H]1CCCO1. The summed E-state index contributed by atoms with van der Waals surface area (Å²) in [6.07, 6.45) is 9.76. The summed E-state index contributed by atoms with van der Waals surface area (Å²) in [6.45, 7) is 2.79. The van der Waals surface area contributed by atoms with E-state index in [-0.39, 0.29) is 24.5 Å². The molecule has 0 bridgehead atoms. The number of rotatable bonds is 7.